The predicted molar refractivity (Wildman–Crippen MR) is 62.5 cm³/mol. The Morgan fingerprint density at radius 1 is 1.37 bits per heavy atom. The molecular formula is C8H11N4O6P. The van der Waals surface area contributed by atoms with E-state index in [9.17, 15) is 9.36 Å². The van der Waals surface area contributed by atoms with Gasteiger partial charge in [0.2, 0.25) is 5.65 Å². The van der Waals surface area contributed by atoms with Crippen LogP contribution in [0, 0.1) is 0 Å². The van der Waals surface area contributed by atoms with Gasteiger partial charge in [-0.15, -0.1) is 0 Å². The normalized spacial score (nSPS) is 11.9. The van der Waals surface area contributed by atoms with E-state index in [0.29, 0.717) is 0 Å². The van der Waals surface area contributed by atoms with Gasteiger partial charge < -0.3 is 24.3 Å². The SMILES string of the molecule is O=c1[nH]cnc2c1ncn2OCCOCP(=O)(O)O. The van der Waals surface area contributed by atoms with Crippen molar-refractivity contribution in [2.45, 2.75) is 0 Å². The molecule has 2 heterocycles. The van der Waals surface area contributed by atoms with Crippen molar-refractivity contribution >= 4 is 18.8 Å². The van der Waals surface area contributed by atoms with E-state index >= 15 is 0 Å². The van der Waals surface area contributed by atoms with Gasteiger partial charge in [0.05, 0.1) is 12.9 Å². The van der Waals surface area contributed by atoms with Gasteiger partial charge in [0.15, 0.2) is 5.52 Å². The van der Waals surface area contributed by atoms with E-state index in [1.165, 1.54) is 17.4 Å². The molecule has 0 amide bonds. The Balaban J connectivity index is 1.91. The third kappa shape index (κ3) is 3.61. The summed E-state index contributed by atoms with van der Waals surface area (Å²) in [7, 11) is -4.17. The van der Waals surface area contributed by atoms with Gasteiger partial charge in [-0.25, -0.2) is 9.97 Å². The molecule has 0 spiro atoms. The number of aromatic amines is 1. The lowest BCUT2D eigenvalue weighted by molar-refractivity contribution is 0.0522. The molecule has 19 heavy (non-hydrogen) atoms. The van der Waals surface area contributed by atoms with Crippen LogP contribution in [0.15, 0.2) is 17.4 Å². The molecule has 0 fully saturated rings. The summed E-state index contributed by atoms with van der Waals surface area (Å²) in [4.78, 5) is 43.7. The molecule has 0 aliphatic heterocycles. The molecule has 2 aromatic rings. The summed E-state index contributed by atoms with van der Waals surface area (Å²) in [6, 6.07) is 0. The molecule has 104 valence electrons. The van der Waals surface area contributed by atoms with Crippen molar-refractivity contribution < 1.29 is 23.9 Å². The van der Waals surface area contributed by atoms with Crippen molar-refractivity contribution in [1.82, 2.24) is 19.7 Å². The second-order valence-electron chi connectivity index (χ2n) is 3.51. The van der Waals surface area contributed by atoms with E-state index in [4.69, 9.17) is 19.4 Å². The largest absolute Gasteiger partial charge is 0.408 e. The summed E-state index contributed by atoms with van der Waals surface area (Å²) < 4.78 is 16.4. The highest BCUT2D eigenvalue weighted by atomic mass is 31.2. The fourth-order valence-electron chi connectivity index (χ4n) is 1.30. The smallest absolute Gasteiger partial charge is 0.350 e. The molecule has 0 saturated heterocycles. The van der Waals surface area contributed by atoms with Crippen molar-refractivity contribution in [2.24, 2.45) is 0 Å². The zero-order valence-corrected chi connectivity index (χ0v) is 10.5. The van der Waals surface area contributed by atoms with Crippen LogP contribution in [-0.2, 0) is 9.30 Å². The fraction of sp³-hybridized carbons (Fsp3) is 0.375. The third-order valence-electron chi connectivity index (χ3n) is 2.03. The number of hydrogen-bond donors (Lipinski definition) is 3. The van der Waals surface area contributed by atoms with Crippen LogP contribution < -0.4 is 10.4 Å². The lowest BCUT2D eigenvalue weighted by atomic mass is 10.5. The number of aromatic nitrogens is 4. The quantitative estimate of drug-likeness (QED) is 0.440. The summed E-state index contributed by atoms with van der Waals surface area (Å²) in [6.45, 7) is 0.00785. The minimum atomic E-state index is -4.17. The molecule has 2 aromatic heterocycles. The zero-order chi connectivity index (χ0) is 13.9. The summed E-state index contributed by atoms with van der Waals surface area (Å²) >= 11 is 0. The van der Waals surface area contributed by atoms with Gasteiger partial charge in [0.1, 0.15) is 19.3 Å². The van der Waals surface area contributed by atoms with E-state index in [0.717, 1.165) is 0 Å². The first kappa shape index (κ1) is 13.7. The minimum Gasteiger partial charge on any atom is -0.408 e. The van der Waals surface area contributed by atoms with Gasteiger partial charge in [0, 0.05) is 0 Å². The second-order valence-corrected chi connectivity index (χ2v) is 5.10. The second kappa shape index (κ2) is 5.49. The number of fused-ring (bicyclic) bond motifs is 1. The van der Waals surface area contributed by atoms with Gasteiger partial charge >= 0.3 is 7.60 Å². The van der Waals surface area contributed by atoms with Crippen LogP contribution in [0.5, 0.6) is 0 Å². The molecular weight excluding hydrogens is 279 g/mol. The molecule has 2 rings (SSSR count). The van der Waals surface area contributed by atoms with Crippen LogP contribution >= 0.6 is 7.60 Å². The number of ether oxygens (including phenoxy) is 1. The first-order valence-electron chi connectivity index (χ1n) is 5.14. The van der Waals surface area contributed by atoms with Crippen LogP contribution in [-0.4, -0.2) is 49.0 Å². The Kier molecular flexibility index (Phi) is 3.96. The number of H-pyrrole nitrogens is 1. The van der Waals surface area contributed by atoms with Gasteiger partial charge in [-0.2, -0.15) is 4.73 Å². The zero-order valence-electron chi connectivity index (χ0n) is 9.59. The lowest BCUT2D eigenvalue weighted by Crippen LogP contribution is -2.17. The van der Waals surface area contributed by atoms with Crippen molar-refractivity contribution in [3.05, 3.63) is 23.0 Å². The van der Waals surface area contributed by atoms with E-state index < -0.39 is 13.9 Å². The Morgan fingerprint density at radius 3 is 2.89 bits per heavy atom. The Bertz CT molecular complexity index is 661. The van der Waals surface area contributed by atoms with Crippen molar-refractivity contribution in [1.29, 1.82) is 0 Å². The maximum Gasteiger partial charge on any atom is 0.350 e. The number of rotatable bonds is 6. The van der Waals surface area contributed by atoms with Gasteiger partial charge in [-0.05, 0) is 0 Å². The average Bonchev–Trinajstić information content (AvgIpc) is 2.72. The third-order valence-corrected chi connectivity index (χ3v) is 2.55. The highest BCUT2D eigenvalue weighted by Gasteiger charge is 2.12. The van der Waals surface area contributed by atoms with Gasteiger partial charge in [0.25, 0.3) is 5.56 Å². The topological polar surface area (TPSA) is 140 Å². The summed E-state index contributed by atoms with van der Waals surface area (Å²) in [5.41, 5.74) is 0.00229. The summed E-state index contributed by atoms with van der Waals surface area (Å²) in [6.07, 6.45) is 1.82. The monoisotopic (exact) mass is 290 g/mol. The first-order valence-corrected chi connectivity index (χ1v) is 6.93. The first-order chi connectivity index (χ1) is 8.97. The summed E-state index contributed by atoms with van der Waals surface area (Å²) in [5, 5.41) is 0. The molecule has 11 heteroatoms. The van der Waals surface area contributed by atoms with E-state index in [1.54, 1.807) is 0 Å². The maximum atomic E-state index is 11.3. The molecule has 3 N–H and O–H groups in total. The van der Waals surface area contributed by atoms with E-state index in [1.807, 2.05) is 0 Å². The minimum absolute atomic E-state index is 0.0199. The van der Waals surface area contributed by atoms with E-state index in [2.05, 4.69) is 15.0 Å². The van der Waals surface area contributed by atoms with Crippen LogP contribution in [0.1, 0.15) is 0 Å². The Morgan fingerprint density at radius 2 is 2.16 bits per heavy atom. The standard InChI is InChI=1S/C8H11N4O6P/c13-8-6-7(9-3-10-8)12(4-11-6)18-2-1-17-5-19(14,15)16/h3-4H,1-2,5H2,(H,9,10,13)(H2,14,15,16). The van der Waals surface area contributed by atoms with Crippen LogP contribution in [0.4, 0.5) is 0 Å². The maximum absolute atomic E-state index is 11.3. The highest BCUT2D eigenvalue weighted by molar-refractivity contribution is 7.51. The number of nitrogens with zero attached hydrogens (tertiary/aromatic N) is 3. The molecule has 10 nitrogen and oxygen atoms in total. The van der Waals surface area contributed by atoms with Crippen LogP contribution in [0.25, 0.3) is 11.2 Å². The molecule has 0 aromatic carbocycles. The van der Waals surface area contributed by atoms with Crippen LogP contribution in [0.3, 0.4) is 0 Å². The van der Waals surface area contributed by atoms with Gasteiger partial charge in [-0.1, -0.05) is 0 Å². The molecule has 0 radical (unpaired) electrons. The Hall–Kier alpha value is -1.74. The van der Waals surface area contributed by atoms with Crippen LogP contribution in [0.2, 0.25) is 0 Å². The van der Waals surface area contributed by atoms with Crippen molar-refractivity contribution in [3.8, 4) is 0 Å². The number of hydrogen-bond acceptors (Lipinski definition) is 6. The number of imidazole rings is 1. The van der Waals surface area contributed by atoms with Crippen molar-refractivity contribution in [2.75, 3.05) is 19.6 Å². The predicted octanol–water partition coefficient (Wildman–Crippen LogP) is -1.30. The Labute approximate surface area is 106 Å². The molecule has 0 unspecified atom stereocenters. The molecule has 0 aliphatic rings. The average molecular weight is 290 g/mol. The molecule has 0 saturated carbocycles. The highest BCUT2D eigenvalue weighted by Crippen LogP contribution is 2.33. The van der Waals surface area contributed by atoms with Crippen molar-refractivity contribution in [3.63, 3.8) is 0 Å². The summed E-state index contributed by atoms with van der Waals surface area (Å²) in [5.74, 6) is 0. The lowest BCUT2D eigenvalue weighted by Gasteiger charge is -2.07. The molecule has 0 bridgehead atoms. The fourth-order valence-corrected chi connectivity index (χ4v) is 1.67. The molecule has 0 aliphatic carbocycles. The molecule has 0 atom stereocenters. The number of nitrogens with one attached hydrogen (secondary N) is 1. The van der Waals surface area contributed by atoms with E-state index in [-0.39, 0.29) is 29.9 Å². The van der Waals surface area contributed by atoms with Gasteiger partial charge in [-0.3, -0.25) is 9.36 Å².